The molecular formula is C13H14N4S2. The van der Waals surface area contributed by atoms with Crippen LogP contribution < -0.4 is 5.32 Å². The highest BCUT2D eigenvalue weighted by atomic mass is 32.1. The fourth-order valence-electron chi connectivity index (χ4n) is 1.87. The summed E-state index contributed by atoms with van der Waals surface area (Å²) in [5.41, 5.74) is 2.33. The maximum Gasteiger partial charge on any atom is 0.0937 e. The normalized spacial score (nSPS) is 10.9. The molecule has 0 saturated carbocycles. The van der Waals surface area contributed by atoms with E-state index in [1.807, 2.05) is 17.8 Å². The molecule has 0 fully saturated rings. The van der Waals surface area contributed by atoms with Crippen molar-refractivity contribution in [1.82, 2.24) is 20.5 Å². The van der Waals surface area contributed by atoms with Crippen LogP contribution in [0.5, 0.6) is 0 Å². The van der Waals surface area contributed by atoms with Crippen molar-refractivity contribution in [3.05, 3.63) is 45.9 Å². The fraction of sp³-hybridized carbons (Fsp3) is 0.231. The highest BCUT2D eigenvalue weighted by molar-refractivity contribution is 7.13. The van der Waals surface area contributed by atoms with Crippen molar-refractivity contribution in [2.45, 2.75) is 13.0 Å². The molecule has 4 nitrogen and oxygen atoms in total. The van der Waals surface area contributed by atoms with Crippen LogP contribution in [-0.4, -0.2) is 21.7 Å². The van der Waals surface area contributed by atoms with Crippen LogP contribution in [0.2, 0.25) is 0 Å². The quantitative estimate of drug-likeness (QED) is 0.686. The minimum absolute atomic E-state index is 0.828. The Morgan fingerprint density at radius 2 is 2.26 bits per heavy atom. The molecule has 0 aliphatic carbocycles. The Labute approximate surface area is 119 Å². The molecule has 0 aliphatic heterocycles. The Bertz CT molecular complexity index is 598. The van der Waals surface area contributed by atoms with Gasteiger partial charge in [0.25, 0.3) is 0 Å². The van der Waals surface area contributed by atoms with Crippen molar-refractivity contribution in [2.75, 3.05) is 6.54 Å². The molecule has 0 spiro atoms. The first-order valence-electron chi connectivity index (χ1n) is 6.08. The molecular weight excluding hydrogens is 276 g/mol. The fourth-order valence-corrected chi connectivity index (χ4v) is 3.25. The maximum atomic E-state index is 4.27. The lowest BCUT2D eigenvalue weighted by molar-refractivity contribution is 0.686. The summed E-state index contributed by atoms with van der Waals surface area (Å²) in [7, 11) is 0. The number of H-pyrrole nitrogens is 1. The van der Waals surface area contributed by atoms with Gasteiger partial charge >= 0.3 is 0 Å². The number of aromatic amines is 1. The number of hydrogen-bond acceptors (Lipinski definition) is 5. The van der Waals surface area contributed by atoms with Gasteiger partial charge < -0.3 is 5.32 Å². The van der Waals surface area contributed by atoms with Gasteiger partial charge in [0.15, 0.2) is 0 Å². The summed E-state index contributed by atoms with van der Waals surface area (Å²) < 4.78 is 0. The Kier molecular flexibility index (Phi) is 4.02. The molecule has 3 aromatic heterocycles. The largest absolute Gasteiger partial charge is 0.312 e. The zero-order chi connectivity index (χ0) is 12.9. The van der Waals surface area contributed by atoms with E-state index in [9.17, 15) is 0 Å². The number of aromatic nitrogens is 3. The summed E-state index contributed by atoms with van der Waals surface area (Å²) >= 11 is 3.43. The van der Waals surface area contributed by atoms with Gasteiger partial charge in [0, 0.05) is 36.7 Å². The first-order chi connectivity index (χ1) is 9.43. The SMILES string of the molecule is c1csc(-c2[nH]ncc2CNCCc2nccs2)c1. The molecule has 3 rings (SSSR count). The summed E-state index contributed by atoms with van der Waals surface area (Å²) in [5, 5.41) is 15.9. The van der Waals surface area contributed by atoms with Gasteiger partial charge in [-0.05, 0) is 11.4 Å². The van der Waals surface area contributed by atoms with Gasteiger partial charge in [-0.1, -0.05) is 6.07 Å². The van der Waals surface area contributed by atoms with E-state index >= 15 is 0 Å². The smallest absolute Gasteiger partial charge is 0.0937 e. The zero-order valence-corrected chi connectivity index (χ0v) is 11.9. The maximum absolute atomic E-state index is 4.27. The van der Waals surface area contributed by atoms with Crippen LogP contribution >= 0.6 is 22.7 Å². The second-order valence-electron chi connectivity index (χ2n) is 4.10. The first-order valence-corrected chi connectivity index (χ1v) is 7.84. The van der Waals surface area contributed by atoms with Crippen molar-refractivity contribution in [3.63, 3.8) is 0 Å². The predicted octanol–water partition coefficient (Wildman–Crippen LogP) is 2.93. The van der Waals surface area contributed by atoms with E-state index in [1.165, 1.54) is 15.4 Å². The Morgan fingerprint density at radius 3 is 3.05 bits per heavy atom. The van der Waals surface area contributed by atoms with Gasteiger partial charge in [0.05, 0.1) is 21.8 Å². The lowest BCUT2D eigenvalue weighted by atomic mass is 10.2. The molecule has 6 heteroatoms. The van der Waals surface area contributed by atoms with Crippen molar-refractivity contribution in [1.29, 1.82) is 0 Å². The standard InChI is InChI=1S/C13H14N4S2/c1-2-11(18-6-1)13-10(9-16-17-13)8-14-4-3-12-15-5-7-19-12/h1-2,5-7,9,14H,3-4,8H2,(H,16,17). The van der Waals surface area contributed by atoms with Crippen LogP contribution in [0.25, 0.3) is 10.6 Å². The minimum Gasteiger partial charge on any atom is -0.312 e. The summed E-state index contributed by atoms with van der Waals surface area (Å²) in [6.07, 6.45) is 4.72. The van der Waals surface area contributed by atoms with Crippen molar-refractivity contribution < 1.29 is 0 Å². The molecule has 19 heavy (non-hydrogen) atoms. The first kappa shape index (κ1) is 12.5. The van der Waals surface area contributed by atoms with Crippen LogP contribution in [-0.2, 0) is 13.0 Å². The topological polar surface area (TPSA) is 53.6 Å². The number of hydrogen-bond donors (Lipinski definition) is 2. The molecule has 98 valence electrons. The molecule has 0 amide bonds. The van der Waals surface area contributed by atoms with Gasteiger partial charge in [-0.3, -0.25) is 5.10 Å². The third kappa shape index (κ3) is 3.09. The van der Waals surface area contributed by atoms with E-state index in [2.05, 4.69) is 38.0 Å². The second-order valence-corrected chi connectivity index (χ2v) is 6.03. The zero-order valence-electron chi connectivity index (χ0n) is 10.3. The van der Waals surface area contributed by atoms with Crippen LogP contribution in [0.15, 0.2) is 35.3 Å². The minimum atomic E-state index is 0.828. The molecule has 0 aromatic carbocycles. The Hall–Kier alpha value is -1.50. The number of nitrogens with one attached hydrogen (secondary N) is 2. The molecule has 0 unspecified atom stereocenters. The van der Waals surface area contributed by atoms with E-state index < -0.39 is 0 Å². The van der Waals surface area contributed by atoms with Crippen molar-refractivity contribution in [2.24, 2.45) is 0 Å². The summed E-state index contributed by atoms with van der Waals surface area (Å²) in [6.45, 7) is 1.76. The van der Waals surface area contributed by atoms with Crippen LogP contribution in [0, 0.1) is 0 Å². The molecule has 0 saturated heterocycles. The van der Waals surface area contributed by atoms with Crippen LogP contribution in [0.3, 0.4) is 0 Å². The van der Waals surface area contributed by atoms with Crippen molar-refractivity contribution in [3.8, 4) is 10.6 Å². The highest BCUT2D eigenvalue weighted by Crippen LogP contribution is 2.25. The van der Waals surface area contributed by atoms with E-state index in [-0.39, 0.29) is 0 Å². The molecule has 0 radical (unpaired) electrons. The van der Waals surface area contributed by atoms with E-state index in [0.717, 1.165) is 25.2 Å². The van der Waals surface area contributed by atoms with Crippen LogP contribution in [0.1, 0.15) is 10.6 Å². The highest BCUT2D eigenvalue weighted by Gasteiger charge is 2.07. The molecule has 0 aliphatic rings. The average molecular weight is 290 g/mol. The van der Waals surface area contributed by atoms with Gasteiger partial charge in [0.2, 0.25) is 0 Å². The van der Waals surface area contributed by atoms with Crippen LogP contribution in [0.4, 0.5) is 0 Å². The van der Waals surface area contributed by atoms with Gasteiger partial charge in [-0.25, -0.2) is 4.98 Å². The molecule has 0 bridgehead atoms. The lowest BCUT2D eigenvalue weighted by Crippen LogP contribution is -2.16. The average Bonchev–Trinajstić information content (AvgIpc) is 3.15. The van der Waals surface area contributed by atoms with E-state index in [0.29, 0.717) is 0 Å². The van der Waals surface area contributed by atoms with Gasteiger partial charge in [-0.2, -0.15) is 5.10 Å². The molecule has 2 N–H and O–H groups in total. The summed E-state index contributed by atoms with van der Waals surface area (Å²) in [5.74, 6) is 0. The number of thiophene rings is 1. The second kappa shape index (κ2) is 6.10. The summed E-state index contributed by atoms with van der Waals surface area (Å²) in [4.78, 5) is 5.50. The lowest BCUT2D eigenvalue weighted by Gasteiger charge is -2.03. The van der Waals surface area contributed by atoms with E-state index in [1.54, 1.807) is 22.7 Å². The monoisotopic (exact) mass is 290 g/mol. The Balaban J connectivity index is 1.55. The summed E-state index contributed by atoms with van der Waals surface area (Å²) in [6, 6.07) is 4.16. The molecule has 3 heterocycles. The van der Waals surface area contributed by atoms with Crippen molar-refractivity contribution >= 4 is 22.7 Å². The number of nitrogens with zero attached hydrogens (tertiary/aromatic N) is 2. The predicted molar refractivity (Wildman–Crippen MR) is 79.4 cm³/mol. The third-order valence-electron chi connectivity index (χ3n) is 2.80. The van der Waals surface area contributed by atoms with Gasteiger partial charge in [0.1, 0.15) is 0 Å². The molecule has 3 aromatic rings. The number of thiazole rings is 1. The van der Waals surface area contributed by atoms with E-state index in [4.69, 9.17) is 0 Å². The third-order valence-corrected chi connectivity index (χ3v) is 4.53. The Morgan fingerprint density at radius 1 is 1.26 bits per heavy atom. The molecule has 0 atom stereocenters. The van der Waals surface area contributed by atoms with Gasteiger partial charge in [-0.15, -0.1) is 22.7 Å². The number of rotatable bonds is 6.